The van der Waals surface area contributed by atoms with Crippen LogP contribution in [-0.4, -0.2) is 0 Å². The van der Waals surface area contributed by atoms with Crippen molar-refractivity contribution < 1.29 is 0 Å². The third kappa shape index (κ3) is 3.51. The first-order chi connectivity index (χ1) is 6.81. The number of hydrogen-bond acceptors (Lipinski definition) is 1. The van der Waals surface area contributed by atoms with Crippen LogP contribution in [-0.2, 0) is 11.8 Å². The van der Waals surface area contributed by atoms with Crippen LogP contribution in [0.25, 0.3) is 0 Å². The van der Waals surface area contributed by atoms with Crippen LogP contribution in [0.4, 0.5) is 0 Å². The largest absolute Gasteiger partial charge is 0.192 e. The Balaban J connectivity index is 0.000000791. The summed E-state index contributed by atoms with van der Waals surface area (Å²) in [5.41, 5.74) is 3.07. The summed E-state index contributed by atoms with van der Waals surface area (Å²) in [4.78, 5) is 0. The Morgan fingerprint density at radius 3 is 2.43 bits per heavy atom. The number of alkyl halides is 1. The summed E-state index contributed by atoms with van der Waals surface area (Å²) in [7, 11) is 0. The van der Waals surface area contributed by atoms with Gasteiger partial charge in [-0.1, -0.05) is 48.8 Å². The fourth-order valence-electron chi connectivity index (χ4n) is 1.06. The maximum absolute atomic E-state index is 8.80. The van der Waals surface area contributed by atoms with Crippen LogP contribution in [0.3, 0.4) is 0 Å². The van der Waals surface area contributed by atoms with E-state index in [1.165, 1.54) is 5.56 Å². The summed E-state index contributed by atoms with van der Waals surface area (Å²) in [5, 5.41) is 9.55. The summed E-state index contributed by atoms with van der Waals surface area (Å²) < 4.78 is 0. The van der Waals surface area contributed by atoms with Gasteiger partial charge < -0.3 is 0 Å². The molecular weight excluding hydrogens is 238 g/mol. The fourth-order valence-corrected chi connectivity index (χ4v) is 1.55. The predicted molar refractivity (Wildman–Crippen MR) is 64.5 cm³/mol. The van der Waals surface area contributed by atoms with Gasteiger partial charge in [0.1, 0.15) is 0 Å². The fraction of sp³-hybridized carbons (Fsp3) is 0.417. The van der Waals surface area contributed by atoms with Crippen molar-refractivity contribution in [1.29, 1.82) is 5.26 Å². The van der Waals surface area contributed by atoms with Crippen LogP contribution < -0.4 is 0 Å². The number of aryl methyl sites for hydroxylation is 1. The third-order valence-electron chi connectivity index (χ3n) is 1.85. The van der Waals surface area contributed by atoms with E-state index in [-0.39, 0.29) is 0 Å². The molecule has 0 unspecified atom stereocenters. The van der Waals surface area contributed by atoms with Crippen LogP contribution in [0, 0.1) is 11.3 Å². The molecule has 0 aliphatic rings. The number of benzene rings is 1. The van der Waals surface area contributed by atoms with Gasteiger partial charge in [-0.15, -0.1) is 0 Å². The highest BCUT2D eigenvalue weighted by molar-refractivity contribution is 9.08. The first-order valence-corrected chi connectivity index (χ1v) is 6.01. The summed E-state index contributed by atoms with van der Waals surface area (Å²) in [6.45, 7) is 6.09. The average Bonchev–Trinajstić information content (AvgIpc) is 2.30. The zero-order valence-corrected chi connectivity index (χ0v) is 10.6. The number of halogens is 1. The molecule has 0 radical (unpaired) electrons. The van der Waals surface area contributed by atoms with E-state index in [0.717, 1.165) is 22.9 Å². The first-order valence-electron chi connectivity index (χ1n) is 4.89. The van der Waals surface area contributed by atoms with E-state index in [0.29, 0.717) is 0 Å². The standard InChI is InChI=1S/C10H10BrN.C2H6/c1-2-8-3-4-9(6-11)10(5-8)7-12;1-2/h3-5H,2,6H2,1H3;1-2H3. The molecule has 0 aliphatic heterocycles. The Labute approximate surface area is 94.9 Å². The summed E-state index contributed by atoms with van der Waals surface area (Å²) >= 11 is 3.34. The van der Waals surface area contributed by atoms with Crippen molar-refractivity contribution in [3.05, 3.63) is 34.9 Å². The minimum absolute atomic E-state index is 0.750. The number of hydrogen-bond donors (Lipinski definition) is 0. The minimum Gasteiger partial charge on any atom is -0.192 e. The van der Waals surface area contributed by atoms with Crippen LogP contribution in [0.1, 0.15) is 37.5 Å². The molecule has 1 aromatic rings. The second-order valence-electron chi connectivity index (χ2n) is 2.59. The van der Waals surface area contributed by atoms with Gasteiger partial charge >= 0.3 is 0 Å². The quantitative estimate of drug-likeness (QED) is 0.730. The van der Waals surface area contributed by atoms with E-state index >= 15 is 0 Å². The first kappa shape index (κ1) is 13.2. The van der Waals surface area contributed by atoms with E-state index in [1.807, 2.05) is 26.0 Å². The lowest BCUT2D eigenvalue weighted by Crippen LogP contribution is -1.88. The molecule has 1 aromatic carbocycles. The lowest BCUT2D eigenvalue weighted by atomic mass is 10.0. The van der Waals surface area contributed by atoms with Crippen LogP contribution in [0.15, 0.2) is 18.2 Å². The predicted octanol–water partition coefficient (Wildman–Crippen LogP) is 4.04. The van der Waals surface area contributed by atoms with Crippen LogP contribution >= 0.6 is 15.9 Å². The third-order valence-corrected chi connectivity index (χ3v) is 2.45. The van der Waals surface area contributed by atoms with Crippen molar-refractivity contribution in [3.8, 4) is 6.07 Å². The van der Waals surface area contributed by atoms with Gasteiger partial charge in [0.2, 0.25) is 0 Å². The molecule has 0 spiro atoms. The molecular formula is C12H16BrN. The van der Waals surface area contributed by atoms with Gasteiger partial charge in [0, 0.05) is 5.33 Å². The molecule has 1 nitrogen and oxygen atoms in total. The van der Waals surface area contributed by atoms with E-state index in [1.54, 1.807) is 0 Å². The molecule has 1 rings (SSSR count). The molecule has 0 N–H and O–H groups in total. The maximum atomic E-state index is 8.80. The summed E-state index contributed by atoms with van der Waals surface area (Å²) in [6.07, 6.45) is 0.983. The number of rotatable bonds is 2. The van der Waals surface area contributed by atoms with Crippen molar-refractivity contribution in [1.82, 2.24) is 0 Å². The van der Waals surface area contributed by atoms with Gasteiger partial charge in [0.15, 0.2) is 0 Å². The van der Waals surface area contributed by atoms with E-state index in [4.69, 9.17) is 5.26 Å². The van der Waals surface area contributed by atoms with Gasteiger partial charge in [0.05, 0.1) is 11.6 Å². The molecule has 0 bridgehead atoms. The molecule has 0 amide bonds. The summed E-state index contributed by atoms with van der Waals surface area (Å²) in [5.74, 6) is 0. The SMILES string of the molecule is CC.CCc1ccc(CBr)c(C#N)c1. The van der Waals surface area contributed by atoms with Gasteiger partial charge in [0.25, 0.3) is 0 Å². The Hall–Kier alpha value is -0.810. The van der Waals surface area contributed by atoms with Crippen molar-refractivity contribution in [2.75, 3.05) is 0 Å². The van der Waals surface area contributed by atoms with Gasteiger partial charge in [-0.25, -0.2) is 0 Å². The zero-order valence-electron chi connectivity index (χ0n) is 8.97. The highest BCUT2D eigenvalue weighted by atomic mass is 79.9. The van der Waals surface area contributed by atoms with Crippen molar-refractivity contribution in [2.24, 2.45) is 0 Å². The second-order valence-corrected chi connectivity index (χ2v) is 3.15. The number of nitrogens with zero attached hydrogens (tertiary/aromatic N) is 1. The molecule has 0 aliphatic carbocycles. The molecule has 0 heterocycles. The zero-order chi connectivity index (χ0) is 11.0. The van der Waals surface area contributed by atoms with Crippen molar-refractivity contribution >= 4 is 15.9 Å². The average molecular weight is 254 g/mol. The van der Waals surface area contributed by atoms with Crippen molar-refractivity contribution in [3.63, 3.8) is 0 Å². The molecule has 76 valence electrons. The van der Waals surface area contributed by atoms with Gasteiger partial charge in [-0.2, -0.15) is 5.26 Å². The molecule has 14 heavy (non-hydrogen) atoms. The van der Waals surface area contributed by atoms with Gasteiger partial charge in [-0.3, -0.25) is 0 Å². The molecule has 0 saturated carbocycles. The maximum Gasteiger partial charge on any atom is 0.0994 e. The normalized spacial score (nSPS) is 8.50. The topological polar surface area (TPSA) is 23.8 Å². The highest BCUT2D eigenvalue weighted by Gasteiger charge is 2.00. The highest BCUT2D eigenvalue weighted by Crippen LogP contribution is 2.14. The molecule has 0 fully saturated rings. The monoisotopic (exact) mass is 253 g/mol. The van der Waals surface area contributed by atoms with E-state index in [2.05, 4.69) is 35.0 Å². The lowest BCUT2D eigenvalue weighted by Gasteiger charge is -2.01. The smallest absolute Gasteiger partial charge is 0.0994 e. The number of nitriles is 1. The molecule has 0 atom stereocenters. The molecule has 2 heteroatoms. The summed E-state index contributed by atoms with van der Waals surface area (Å²) in [6, 6.07) is 8.22. The Kier molecular flexibility index (Phi) is 7.14. The van der Waals surface area contributed by atoms with Gasteiger partial charge in [-0.05, 0) is 23.6 Å². The Morgan fingerprint density at radius 2 is 2.00 bits per heavy atom. The Bertz CT molecular complexity index is 313. The Morgan fingerprint density at radius 1 is 1.36 bits per heavy atom. The lowest BCUT2D eigenvalue weighted by molar-refractivity contribution is 1.13. The van der Waals surface area contributed by atoms with E-state index in [9.17, 15) is 0 Å². The van der Waals surface area contributed by atoms with E-state index < -0.39 is 0 Å². The minimum atomic E-state index is 0.750. The molecule has 0 saturated heterocycles. The van der Waals surface area contributed by atoms with Crippen LogP contribution in [0.5, 0.6) is 0 Å². The second kappa shape index (κ2) is 7.58. The van der Waals surface area contributed by atoms with Crippen LogP contribution in [0.2, 0.25) is 0 Å². The van der Waals surface area contributed by atoms with Crippen molar-refractivity contribution in [2.45, 2.75) is 32.5 Å². The molecule has 0 aromatic heterocycles.